The van der Waals surface area contributed by atoms with E-state index in [1.54, 1.807) is 0 Å². The molecule has 0 spiro atoms. The summed E-state index contributed by atoms with van der Waals surface area (Å²) in [6, 6.07) is 7.78. The Balaban J connectivity index is 1.84. The van der Waals surface area contributed by atoms with Gasteiger partial charge in [0.2, 0.25) is 5.91 Å². The van der Waals surface area contributed by atoms with Crippen LogP contribution in [0.1, 0.15) is 24.8 Å². The third kappa shape index (κ3) is 3.72. The first kappa shape index (κ1) is 13.9. The van der Waals surface area contributed by atoms with Gasteiger partial charge in [0.15, 0.2) is 5.22 Å². The van der Waals surface area contributed by atoms with E-state index in [0.717, 1.165) is 35.9 Å². The average Bonchev–Trinajstić information content (AvgIpc) is 2.69. The van der Waals surface area contributed by atoms with E-state index >= 15 is 0 Å². The summed E-state index contributed by atoms with van der Waals surface area (Å²) in [5.74, 6) is -0.246. The highest BCUT2D eigenvalue weighted by molar-refractivity contribution is 6.30. The Bertz CT molecular complexity index is 566. The third-order valence-electron chi connectivity index (χ3n) is 2.98. The average molecular weight is 281 g/mol. The van der Waals surface area contributed by atoms with Gasteiger partial charge in [-0.25, -0.2) is 0 Å². The van der Waals surface area contributed by atoms with E-state index < -0.39 is 0 Å². The number of amides is 1. The zero-order valence-corrected chi connectivity index (χ0v) is 11.4. The van der Waals surface area contributed by atoms with Gasteiger partial charge in [-0.15, -0.1) is 0 Å². The topological polar surface area (TPSA) is 68.3 Å². The molecule has 0 fully saturated rings. The van der Waals surface area contributed by atoms with Crippen LogP contribution in [0.15, 0.2) is 28.7 Å². The van der Waals surface area contributed by atoms with E-state index in [0.29, 0.717) is 18.2 Å². The summed E-state index contributed by atoms with van der Waals surface area (Å²) < 4.78 is 5.47. The summed E-state index contributed by atoms with van der Waals surface area (Å²) in [5.41, 5.74) is 6.86. The van der Waals surface area contributed by atoms with Crippen LogP contribution in [-0.4, -0.2) is 12.5 Å². The molecule has 102 valence electrons. The molecule has 19 heavy (non-hydrogen) atoms. The second-order valence-corrected chi connectivity index (χ2v) is 4.79. The first-order chi connectivity index (χ1) is 9.18. The highest BCUT2D eigenvalue weighted by Crippen LogP contribution is 2.29. The maximum absolute atomic E-state index is 10.6. The van der Waals surface area contributed by atoms with Crippen molar-refractivity contribution in [2.75, 3.05) is 6.54 Å². The van der Waals surface area contributed by atoms with E-state index in [1.165, 1.54) is 0 Å². The number of nitrogens with two attached hydrogens (primary N) is 1. The van der Waals surface area contributed by atoms with Crippen LogP contribution < -0.4 is 11.1 Å². The summed E-state index contributed by atoms with van der Waals surface area (Å²) in [5, 5.41) is 4.77. The van der Waals surface area contributed by atoms with E-state index in [2.05, 4.69) is 5.32 Å². The second-order valence-electron chi connectivity index (χ2n) is 4.45. The standard InChI is InChI=1S/C14H17ClN2O2/c15-14-11(9-17-8-4-3-7-13(16)18)10-5-1-2-6-12(10)19-14/h1-2,5-6,17H,3-4,7-9H2,(H2,16,18). The van der Waals surface area contributed by atoms with Gasteiger partial charge in [0, 0.05) is 23.9 Å². The highest BCUT2D eigenvalue weighted by Gasteiger charge is 2.10. The molecule has 0 unspecified atom stereocenters. The number of nitrogens with one attached hydrogen (secondary N) is 1. The van der Waals surface area contributed by atoms with Crippen LogP contribution in [0.25, 0.3) is 11.0 Å². The van der Waals surface area contributed by atoms with Crippen molar-refractivity contribution in [3.05, 3.63) is 35.0 Å². The Morgan fingerprint density at radius 3 is 2.89 bits per heavy atom. The zero-order valence-electron chi connectivity index (χ0n) is 10.6. The number of furan rings is 1. The number of benzene rings is 1. The molecule has 2 rings (SSSR count). The maximum atomic E-state index is 10.6. The molecule has 0 aliphatic heterocycles. The molecular weight excluding hydrogens is 264 g/mol. The second kappa shape index (κ2) is 6.59. The lowest BCUT2D eigenvalue weighted by Gasteiger charge is -2.03. The normalized spacial score (nSPS) is 11.0. The molecule has 4 nitrogen and oxygen atoms in total. The van der Waals surface area contributed by atoms with Gasteiger partial charge in [-0.2, -0.15) is 0 Å². The molecule has 0 radical (unpaired) electrons. The summed E-state index contributed by atoms with van der Waals surface area (Å²) in [7, 11) is 0. The predicted octanol–water partition coefficient (Wildman–Crippen LogP) is 2.83. The molecule has 2 aromatic rings. The van der Waals surface area contributed by atoms with E-state index in [4.69, 9.17) is 21.8 Å². The van der Waals surface area contributed by atoms with Crippen LogP contribution in [0.5, 0.6) is 0 Å². The number of unbranched alkanes of at least 4 members (excludes halogenated alkanes) is 1. The van der Waals surface area contributed by atoms with Crippen molar-refractivity contribution in [1.29, 1.82) is 0 Å². The van der Waals surface area contributed by atoms with Crippen molar-refractivity contribution < 1.29 is 9.21 Å². The molecule has 0 saturated heterocycles. The van der Waals surface area contributed by atoms with Crippen molar-refractivity contribution >= 4 is 28.5 Å². The molecule has 0 atom stereocenters. The van der Waals surface area contributed by atoms with Crippen LogP contribution in [0.4, 0.5) is 0 Å². The number of halogens is 1. The smallest absolute Gasteiger partial charge is 0.217 e. The Labute approximate surface area is 116 Å². The molecule has 0 aliphatic carbocycles. The minimum absolute atomic E-state index is 0.246. The molecule has 0 bridgehead atoms. The van der Waals surface area contributed by atoms with Gasteiger partial charge in [-0.3, -0.25) is 4.79 Å². The van der Waals surface area contributed by atoms with Crippen LogP contribution in [-0.2, 0) is 11.3 Å². The number of para-hydroxylation sites is 1. The Kier molecular flexibility index (Phi) is 4.82. The molecule has 3 N–H and O–H groups in total. The molecular formula is C14H17ClN2O2. The fourth-order valence-electron chi connectivity index (χ4n) is 2.00. The van der Waals surface area contributed by atoms with Crippen molar-refractivity contribution in [2.24, 2.45) is 5.73 Å². The van der Waals surface area contributed by atoms with Crippen LogP contribution in [0.2, 0.25) is 5.22 Å². The van der Waals surface area contributed by atoms with E-state index in [1.807, 2.05) is 24.3 Å². The largest absolute Gasteiger partial charge is 0.444 e. The number of carbonyl (C=O) groups excluding carboxylic acids is 1. The number of rotatable bonds is 7. The lowest BCUT2D eigenvalue weighted by molar-refractivity contribution is -0.118. The van der Waals surface area contributed by atoms with Gasteiger partial charge in [-0.1, -0.05) is 18.2 Å². The van der Waals surface area contributed by atoms with Crippen molar-refractivity contribution in [3.8, 4) is 0 Å². The fourth-order valence-corrected chi connectivity index (χ4v) is 2.25. The first-order valence-electron chi connectivity index (χ1n) is 6.33. The number of fused-ring (bicyclic) bond motifs is 1. The first-order valence-corrected chi connectivity index (χ1v) is 6.71. The summed E-state index contributed by atoms with van der Waals surface area (Å²) >= 11 is 6.08. The summed E-state index contributed by atoms with van der Waals surface area (Å²) in [4.78, 5) is 10.6. The molecule has 1 aromatic heterocycles. The Morgan fingerprint density at radius 1 is 1.32 bits per heavy atom. The van der Waals surface area contributed by atoms with Crippen LogP contribution >= 0.6 is 11.6 Å². The molecule has 1 amide bonds. The number of carbonyl (C=O) groups is 1. The van der Waals surface area contributed by atoms with Gasteiger partial charge < -0.3 is 15.5 Å². The highest BCUT2D eigenvalue weighted by atomic mass is 35.5. The number of primary amides is 1. The van der Waals surface area contributed by atoms with E-state index in [-0.39, 0.29) is 5.91 Å². The van der Waals surface area contributed by atoms with Crippen LogP contribution in [0.3, 0.4) is 0 Å². The SMILES string of the molecule is NC(=O)CCCCNCc1c(Cl)oc2ccccc12. The molecule has 1 aromatic carbocycles. The predicted molar refractivity (Wildman–Crippen MR) is 76.0 cm³/mol. The van der Waals surface area contributed by atoms with Gasteiger partial charge in [-0.05, 0) is 37.1 Å². The molecule has 5 heteroatoms. The quantitative estimate of drug-likeness (QED) is 0.766. The van der Waals surface area contributed by atoms with E-state index in [9.17, 15) is 4.79 Å². The molecule has 0 saturated carbocycles. The van der Waals surface area contributed by atoms with Crippen molar-refractivity contribution in [3.63, 3.8) is 0 Å². The van der Waals surface area contributed by atoms with Gasteiger partial charge in [0.05, 0.1) is 0 Å². The molecule has 0 aliphatic rings. The summed E-state index contributed by atoms with van der Waals surface area (Å²) in [6.07, 6.45) is 2.16. The lowest BCUT2D eigenvalue weighted by atomic mass is 10.1. The van der Waals surface area contributed by atoms with Crippen molar-refractivity contribution in [2.45, 2.75) is 25.8 Å². The fraction of sp³-hybridized carbons (Fsp3) is 0.357. The monoisotopic (exact) mass is 280 g/mol. The van der Waals surface area contributed by atoms with Crippen LogP contribution in [0, 0.1) is 0 Å². The number of hydrogen-bond donors (Lipinski definition) is 2. The number of hydrogen-bond acceptors (Lipinski definition) is 3. The minimum atomic E-state index is -0.246. The Hall–Kier alpha value is -1.52. The minimum Gasteiger partial charge on any atom is -0.444 e. The van der Waals surface area contributed by atoms with Gasteiger partial charge in [0.1, 0.15) is 5.58 Å². The Morgan fingerprint density at radius 2 is 2.11 bits per heavy atom. The maximum Gasteiger partial charge on any atom is 0.217 e. The summed E-state index contributed by atoms with van der Waals surface area (Å²) in [6.45, 7) is 1.48. The third-order valence-corrected chi connectivity index (χ3v) is 3.28. The molecule has 1 heterocycles. The van der Waals surface area contributed by atoms with Crippen molar-refractivity contribution in [1.82, 2.24) is 5.32 Å². The lowest BCUT2D eigenvalue weighted by Crippen LogP contribution is -2.16. The zero-order chi connectivity index (χ0) is 13.7. The van der Waals surface area contributed by atoms with Gasteiger partial charge in [0.25, 0.3) is 0 Å². The van der Waals surface area contributed by atoms with Gasteiger partial charge >= 0.3 is 0 Å².